The van der Waals surface area contributed by atoms with E-state index in [9.17, 15) is 4.79 Å². The number of likely N-dealkylation sites (N-methyl/N-ethyl adjacent to an activating group) is 1. The van der Waals surface area contributed by atoms with Crippen LogP contribution >= 0.6 is 12.4 Å². The minimum absolute atomic E-state index is 0. The minimum Gasteiger partial charge on any atom is -0.490 e. The molecule has 1 fully saturated rings. The van der Waals surface area contributed by atoms with Crippen LogP contribution in [0.4, 0.5) is 0 Å². The number of hydrogen-bond acceptors (Lipinski definition) is 3. The average molecular weight is 327 g/mol. The highest BCUT2D eigenvalue weighted by molar-refractivity contribution is 5.94. The monoisotopic (exact) mass is 326 g/mol. The highest BCUT2D eigenvalue weighted by Crippen LogP contribution is 2.23. The van der Waals surface area contributed by atoms with Crippen LogP contribution in [0.25, 0.3) is 0 Å². The zero-order valence-corrected chi connectivity index (χ0v) is 14.2. The Hall–Kier alpha value is -1.26. The van der Waals surface area contributed by atoms with Gasteiger partial charge in [0.15, 0.2) is 0 Å². The van der Waals surface area contributed by atoms with E-state index >= 15 is 0 Å². The van der Waals surface area contributed by atoms with Crippen LogP contribution in [0.3, 0.4) is 0 Å². The summed E-state index contributed by atoms with van der Waals surface area (Å²) in [6, 6.07) is 7.72. The molecule has 22 heavy (non-hydrogen) atoms. The fourth-order valence-corrected chi connectivity index (χ4v) is 2.51. The van der Waals surface area contributed by atoms with Crippen LogP contribution in [0.5, 0.6) is 5.75 Å². The number of rotatable bonds is 6. The number of amides is 1. The lowest BCUT2D eigenvalue weighted by Gasteiger charge is -2.23. The molecule has 5 heteroatoms. The van der Waals surface area contributed by atoms with E-state index in [0.717, 1.165) is 18.6 Å². The van der Waals surface area contributed by atoms with E-state index in [1.807, 2.05) is 38.2 Å². The predicted molar refractivity (Wildman–Crippen MR) is 92.0 cm³/mol. The summed E-state index contributed by atoms with van der Waals surface area (Å²) in [6.07, 6.45) is 6.47. The maximum absolute atomic E-state index is 12.0. The molecule has 0 spiro atoms. The first-order valence-electron chi connectivity index (χ1n) is 7.91. The Balaban J connectivity index is 0.00000242. The van der Waals surface area contributed by atoms with Gasteiger partial charge >= 0.3 is 0 Å². The Labute approximate surface area is 139 Å². The molecule has 1 atom stereocenters. The molecule has 1 aromatic rings. The van der Waals surface area contributed by atoms with E-state index in [4.69, 9.17) is 4.74 Å². The van der Waals surface area contributed by atoms with Crippen LogP contribution in [-0.2, 0) is 0 Å². The first-order chi connectivity index (χ1) is 10.2. The molecule has 124 valence electrons. The lowest BCUT2D eigenvalue weighted by molar-refractivity contribution is 0.0950. The predicted octanol–water partition coefficient (Wildman–Crippen LogP) is 3.16. The van der Waals surface area contributed by atoms with Crippen molar-refractivity contribution in [1.82, 2.24) is 10.6 Å². The zero-order valence-electron chi connectivity index (χ0n) is 13.4. The fourth-order valence-electron chi connectivity index (χ4n) is 2.51. The Morgan fingerprint density at radius 2 is 1.86 bits per heavy atom. The summed E-state index contributed by atoms with van der Waals surface area (Å²) in [5.41, 5.74) is 0.675. The van der Waals surface area contributed by atoms with Gasteiger partial charge in [-0.25, -0.2) is 0 Å². The third-order valence-corrected chi connectivity index (χ3v) is 4.03. The van der Waals surface area contributed by atoms with E-state index in [1.165, 1.54) is 19.3 Å². The molecule has 1 aliphatic carbocycles. The van der Waals surface area contributed by atoms with E-state index in [-0.39, 0.29) is 24.4 Å². The van der Waals surface area contributed by atoms with Crippen molar-refractivity contribution in [2.45, 2.75) is 51.2 Å². The molecule has 0 radical (unpaired) electrons. The topological polar surface area (TPSA) is 50.4 Å². The second-order valence-corrected chi connectivity index (χ2v) is 5.80. The zero-order chi connectivity index (χ0) is 15.1. The van der Waals surface area contributed by atoms with Gasteiger partial charge < -0.3 is 15.4 Å². The molecule has 0 bridgehead atoms. The summed E-state index contributed by atoms with van der Waals surface area (Å²) in [5, 5.41) is 6.00. The second-order valence-electron chi connectivity index (χ2n) is 5.80. The number of hydrogen-bond donors (Lipinski definition) is 2. The number of benzene rings is 1. The maximum atomic E-state index is 12.0. The Morgan fingerprint density at radius 3 is 2.45 bits per heavy atom. The summed E-state index contributed by atoms with van der Waals surface area (Å²) in [6.45, 7) is 2.65. The molecule has 1 aliphatic rings. The lowest BCUT2D eigenvalue weighted by Crippen LogP contribution is -2.37. The summed E-state index contributed by atoms with van der Waals surface area (Å²) in [5.74, 6) is 0.823. The van der Waals surface area contributed by atoms with Crippen molar-refractivity contribution < 1.29 is 9.53 Å². The van der Waals surface area contributed by atoms with Crippen molar-refractivity contribution in [3.63, 3.8) is 0 Å². The van der Waals surface area contributed by atoms with Crippen molar-refractivity contribution in [1.29, 1.82) is 0 Å². The van der Waals surface area contributed by atoms with Gasteiger partial charge in [-0.2, -0.15) is 0 Å². The number of carbonyl (C=O) groups is 1. The molecule has 1 aromatic carbocycles. The molecule has 1 unspecified atom stereocenters. The first kappa shape index (κ1) is 18.8. The van der Waals surface area contributed by atoms with E-state index < -0.39 is 0 Å². The summed E-state index contributed by atoms with van der Waals surface area (Å²) >= 11 is 0. The number of halogens is 1. The van der Waals surface area contributed by atoms with Crippen molar-refractivity contribution >= 4 is 18.3 Å². The standard InChI is InChI=1S/C17H26N2O2.ClH/c1-13(18-2)12-19-17(20)14-8-10-16(11-9-14)21-15-6-4-3-5-7-15;/h8-11,13,15,18H,3-7,12H2,1-2H3,(H,19,20);1H. The third kappa shape index (κ3) is 5.85. The van der Waals surface area contributed by atoms with Crippen molar-refractivity contribution in [2.24, 2.45) is 0 Å². The first-order valence-corrected chi connectivity index (χ1v) is 7.91. The van der Waals surface area contributed by atoms with Gasteiger partial charge in [0.2, 0.25) is 0 Å². The van der Waals surface area contributed by atoms with E-state index in [2.05, 4.69) is 10.6 Å². The van der Waals surface area contributed by atoms with E-state index in [0.29, 0.717) is 18.2 Å². The van der Waals surface area contributed by atoms with Crippen LogP contribution in [0.2, 0.25) is 0 Å². The van der Waals surface area contributed by atoms with Crippen molar-refractivity contribution in [3.05, 3.63) is 29.8 Å². The normalized spacial score (nSPS) is 16.5. The molecule has 0 saturated heterocycles. The molecular formula is C17H27ClN2O2. The highest BCUT2D eigenvalue weighted by atomic mass is 35.5. The van der Waals surface area contributed by atoms with Crippen LogP contribution in [0, 0.1) is 0 Å². The minimum atomic E-state index is -0.0404. The quantitative estimate of drug-likeness (QED) is 0.844. The molecule has 0 aromatic heterocycles. The molecule has 0 heterocycles. The van der Waals surface area contributed by atoms with Crippen LogP contribution < -0.4 is 15.4 Å². The SMILES string of the molecule is CNC(C)CNC(=O)c1ccc(OC2CCCCC2)cc1.Cl. The molecule has 1 amide bonds. The Kier molecular flexibility index (Phi) is 8.28. The van der Waals surface area contributed by atoms with Gasteiger partial charge in [0.05, 0.1) is 6.10 Å². The second kappa shape index (κ2) is 9.70. The largest absolute Gasteiger partial charge is 0.490 e. The summed E-state index contributed by atoms with van der Waals surface area (Å²) in [4.78, 5) is 12.0. The van der Waals surface area contributed by atoms with Crippen LogP contribution in [0.15, 0.2) is 24.3 Å². The Bertz CT molecular complexity index is 444. The molecule has 4 nitrogen and oxygen atoms in total. The highest BCUT2D eigenvalue weighted by Gasteiger charge is 2.15. The van der Waals surface area contributed by atoms with Gasteiger partial charge in [0.1, 0.15) is 5.75 Å². The average Bonchev–Trinajstić information content (AvgIpc) is 2.54. The van der Waals surface area contributed by atoms with Gasteiger partial charge in [-0.05, 0) is 63.9 Å². The number of carbonyl (C=O) groups excluding carboxylic acids is 1. The molecular weight excluding hydrogens is 300 g/mol. The number of nitrogens with one attached hydrogen (secondary N) is 2. The lowest BCUT2D eigenvalue weighted by atomic mass is 9.98. The van der Waals surface area contributed by atoms with E-state index in [1.54, 1.807) is 0 Å². The summed E-state index contributed by atoms with van der Waals surface area (Å²) in [7, 11) is 1.88. The Morgan fingerprint density at radius 1 is 1.23 bits per heavy atom. The fraction of sp³-hybridized carbons (Fsp3) is 0.588. The molecule has 2 rings (SSSR count). The molecule has 1 saturated carbocycles. The van der Waals surface area contributed by atoms with Crippen LogP contribution in [-0.4, -0.2) is 31.6 Å². The smallest absolute Gasteiger partial charge is 0.251 e. The third-order valence-electron chi connectivity index (χ3n) is 4.03. The van der Waals surface area contributed by atoms with Gasteiger partial charge in [0, 0.05) is 18.2 Å². The maximum Gasteiger partial charge on any atom is 0.251 e. The van der Waals surface area contributed by atoms with Crippen molar-refractivity contribution in [3.8, 4) is 5.75 Å². The molecule has 2 N–H and O–H groups in total. The van der Waals surface area contributed by atoms with Crippen LogP contribution in [0.1, 0.15) is 49.4 Å². The molecule has 0 aliphatic heterocycles. The number of ether oxygens (including phenoxy) is 1. The summed E-state index contributed by atoms with van der Waals surface area (Å²) < 4.78 is 5.96. The van der Waals surface area contributed by atoms with Gasteiger partial charge in [-0.1, -0.05) is 6.42 Å². The van der Waals surface area contributed by atoms with Gasteiger partial charge in [-0.15, -0.1) is 12.4 Å². The van der Waals surface area contributed by atoms with Crippen molar-refractivity contribution in [2.75, 3.05) is 13.6 Å². The van der Waals surface area contributed by atoms with Gasteiger partial charge in [-0.3, -0.25) is 4.79 Å². The van der Waals surface area contributed by atoms with Gasteiger partial charge in [0.25, 0.3) is 5.91 Å².